The van der Waals surface area contributed by atoms with E-state index in [4.69, 9.17) is 9.47 Å². The van der Waals surface area contributed by atoms with E-state index in [2.05, 4.69) is 63.7 Å². The second-order valence-corrected chi connectivity index (χ2v) is 7.40. The van der Waals surface area contributed by atoms with Crippen LogP contribution in [0, 0.1) is 0 Å². The molecule has 0 bridgehead atoms. The fraction of sp³-hybridized carbons (Fsp3) is 0.200. The SMILES string of the molecule is COc1ccc(COc2c(Br)cc(CBr)cc2Br)cc1Br. The fourth-order valence-corrected chi connectivity index (χ4v) is 4.20. The largest absolute Gasteiger partial charge is 0.496 e. The van der Waals surface area contributed by atoms with Crippen molar-refractivity contribution in [1.29, 1.82) is 0 Å². The number of hydrogen-bond donors (Lipinski definition) is 0. The lowest BCUT2D eigenvalue weighted by molar-refractivity contribution is 0.302. The number of hydrogen-bond acceptors (Lipinski definition) is 2. The van der Waals surface area contributed by atoms with Crippen LogP contribution in [0.25, 0.3) is 0 Å². The van der Waals surface area contributed by atoms with Crippen molar-refractivity contribution in [2.45, 2.75) is 11.9 Å². The molecule has 0 atom stereocenters. The minimum absolute atomic E-state index is 0.480. The molecular formula is C15H12Br4O2. The van der Waals surface area contributed by atoms with E-state index < -0.39 is 0 Å². The van der Waals surface area contributed by atoms with Gasteiger partial charge in [-0.05, 0) is 83.2 Å². The Kier molecular flexibility index (Phi) is 6.59. The zero-order valence-electron chi connectivity index (χ0n) is 11.1. The van der Waals surface area contributed by atoms with Crippen LogP contribution < -0.4 is 9.47 Å². The van der Waals surface area contributed by atoms with Crippen molar-refractivity contribution in [1.82, 2.24) is 0 Å². The first kappa shape index (κ1) is 17.3. The highest BCUT2D eigenvalue weighted by atomic mass is 79.9. The van der Waals surface area contributed by atoms with Crippen LogP contribution in [0.2, 0.25) is 0 Å². The molecule has 6 heteroatoms. The Morgan fingerprint density at radius 1 is 0.905 bits per heavy atom. The summed E-state index contributed by atoms with van der Waals surface area (Å²) in [5.74, 6) is 1.61. The highest BCUT2D eigenvalue weighted by Crippen LogP contribution is 2.36. The number of rotatable bonds is 5. The Bertz CT molecular complexity index is 621. The van der Waals surface area contributed by atoms with E-state index in [-0.39, 0.29) is 0 Å². The highest BCUT2D eigenvalue weighted by Gasteiger charge is 2.10. The molecule has 2 nitrogen and oxygen atoms in total. The van der Waals surface area contributed by atoms with Gasteiger partial charge >= 0.3 is 0 Å². The number of halogens is 4. The van der Waals surface area contributed by atoms with Gasteiger partial charge in [0.05, 0.1) is 20.5 Å². The maximum Gasteiger partial charge on any atom is 0.148 e. The minimum atomic E-state index is 0.480. The molecule has 0 aliphatic rings. The molecule has 0 aliphatic heterocycles. The van der Waals surface area contributed by atoms with Gasteiger partial charge in [0.1, 0.15) is 18.1 Å². The molecule has 0 radical (unpaired) electrons. The van der Waals surface area contributed by atoms with Crippen LogP contribution in [0.15, 0.2) is 43.7 Å². The summed E-state index contributed by atoms with van der Waals surface area (Å²) in [4.78, 5) is 0. The standard InChI is InChI=1S/C15H12Br4O2/c1-20-14-3-2-9(4-11(14)17)8-21-15-12(18)5-10(7-16)6-13(15)19/h2-6H,7-8H2,1H3. The summed E-state index contributed by atoms with van der Waals surface area (Å²) in [6.45, 7) is 0.480. The maximum atomic E-state index is 5.91. The molecule has 0 spiro atoms. The van der Waals surface area contributed by atoms with Crippen molar-refractivity contribution in [2.75, 3.05) is 7.11 Å². The Balaban J connectivity index is 2.15. The fourth-order valence-electron chi connectivity index (χ4n) is 1.78. The Labute approximate surface area is 157 Å². The predicted octanol–water partition coefficient (Wildman–Crippen LogP) is 6.46. The number of methoxy groups -OCH3 is 1. The molecule has 112 valence electrons. The molecule has 0 saturated heterocycles. The summed E-state index contributed by atoms with van der Waals surface area (Å²) in [6.07, 6.45) is 0. The van der Waals surface area contributed by atoms with Crippen molar-refractivity contribution in [3.8, 4) is 11.5 Å². The molecule has 0 fully saturated rings. The van der Waals surface area contributed by atoms with E-state index in [1.165, 1.54) is 5.56 Å². The predicted molar refractivity (Wildman–Crippen MR) is 99.5 cm³/mol. The first-order chi connectivity index (χ1) is 10.0. The van der Waals surface area contributed by atoms with Crippen LogP contribution in [-0.2, 0) is 11.9 Å². The van der Waals surface area contributed by atoms with E-state index in [0.717, 1.165) is 35.8 Å². The van der Waals surface area contributed by atoms with Crippen molar-refractivity contribution in [3.63, 3.8) is 0 Å². The zero-order valence-corrected chi connectivity index (χ0v) is 17.5. The third kappa shape index (κ3) is 4.47. The van der Waals surface area contributed by atoms with Gasteiger partial charge in [-0.1, -0.05) is 22.0 Å². The number of benzene rings is 2. The Morgan fingerprint density at radius 3 is 2.05 bits per heavy atom. The van der Waals surface area contributed by atoms with E-state index in [9.17, 15) is 0 Å². The Hall–Kier alpha value is -0.0400. The topological polar surface area (TPSA) is 18.5 Å². The van der Waals surface area contributed by atoms with Gasteiger partial charge in [-0.25, -0.2) is 0 Å². The van der Waals surface area contributed by atoms with E-state index in [1.807, 2.05) is 30.3 Å². The van der Waals surface area contributed by atoms with Gasteiger partial charge in [-0.15, -0.1) is 0 Å². The summed E-state index contributed by atoms with van der Waals surface area (Å²) in [5, 5.41) is 0.801. The summed E-state index contributed by atoms with van der Waals surface area (Å²) in [6, 6.07) is 9.98. The highest BCUT2D eigenvalue weighted by molar-refractivity contribution is 9.11. The third-order valence-corrected chi connectivity index (χ3v) is 5.26. The lowest BCUT2D eigenvalue weighted by Gasteiger charge is -2.12. The molecule has 0 aromatic heterocycles. The molecule has 2 rings (SSSR count). The van der Waals surface area contributed by atoms with Gasteiger partial charge in [0.2, 0.25) is 0 Å². The minimum Gasteiger partial charge on any atom is -0.496 e. The van der Waals surface area contributed by atoms with Crippen LogP contribution in [0.4, 0.5) is 0 Å². The van der Waals surface area contributed by atoms with Crippen molar-refractivity contribution >= 4 is 63.7 Å². The second kappa shape index (κ2) is 7.99. The second-order valence-electron chi connectivity index (χ2n) is 4.28. The molecular weight excluding hydrogens is 532 g/mol. The quantitative estimate of drug-likeness (QED) is 0.403. The van der Waals surface area contributed by atoms with Crippen LogP contribution in [-0.4, -0.2) is 7.11 Å². The molecule has 0 heterocycles. The average molecular weight is 544 g/mol. The van der Waals surface area contributed by atoms with Gasteiger partial charge in [0, 0.05) is 5.33 Å². The molecule has 0 aliphatic carbocycles. The van der Waals surface area contributed by atoms with Crippen LogP contribution >= 0.6 is 63.7 Å². The summed E-state index contributed by atoms with van der Waals surface area (Å²) in [7, 11) is 1.65. The third-order valence-electron chi connectivity index (χ3n) is 2.81. The molecule has 2 aromatic rings. The average Bonchev–Trinajstić information content (AvgIpc) is 2.46. The summed E-state index contributed by atoms with van der Waals surface area (Å²) >= 11 is 14.0. The Morgan fingerprint density at radius 2 is 1.52 bits per heavy atom. The number of alkyl halides is 1. The molecule has 0 amide bonds. The van der Waals surface area contributed by atoms with Gasteiger partial charge in [-0.2, -0.15) is 0 Å². The van der Waals surface area contributed by atoms with Crippen LogP contribution in [0.1, 0.15) is 11.1 Å². The molecule has 0 saturated carbocycles. The van der Waals surface area contributed by atoms with Crippen LogP contribution in [0.3, 0.4) is 0 Å². The van der Waals surface area contributed by atoms with Crippen molar-refractivity contribution in [2.24, 2.45) is 0 Å². The van der Waals surface area contributed by atoms with E-state index >= 15 is 0 Å². The summed E-state index contributed by atoms with van der Waals surface area (Å²) in [5.41, 5.74) is 2.24. The lowest BCUT2D eigenvalue weighted by Crippen LogP contribution is -1.98. The van der Waals surface area contributed by atoms with Gasteiger partial charge in [0.15, 0.2) is 0 Å². The molecule has 0 N–H and O–H groups in total. The smallest absolute Gasteiger partial charge is 0.148 e. The molecule has 0 unspecified atom stereocenters. The monoisotopic (exact) mass is 540 g/mol. The summed E-state index contributed by atoms with van der Waals surface area (Å²) < 4.78 is 13.9. The lowest BCUT2D eigenvalue weighted by atomic mass is 10.2. The van der Waals surface area contributed by atoms with E-state index in [0.29, 0.717) is 6.61 Å². The van der Waals surface area contributed by atoms with Crippen LogP contribution in [0.5, 0.6) is 11.5 Å². The van der Waals surface area contributed by atoms with Crippen molar-refractivity contribution in [3.05, 3.63) is 54.9 Å². The number of ether oxygens (including phenoxy) is 2. The van der Waals surface area contributed by atoms with Gasteiger partial charge in [0.25, 0.3) is 0 Å². The normalized spacial score (nSPS) is 10.5. The van der Waals surface area contributed by atoms with Gasteiger partial charge < -0.3 is 9.47 Å². The maximum absolute atomic E-state index is 5.91. The van der Waals surface area contributed by atoms with Gasteiger partial charge in [-0.3, -0.25) is 0 Å². The molecule has 21 heavy (non-hydrogen) atoms. The first-order valence-corrected chi connectivity index (χ1v) is 9.54. The first-order valence-electron chi connectivity index (χ1n) is 6.04. The molecule has 2 aromatic carbocycles. The zero-order chi connectivity index (χ0) is 15.4. The van der Waals surface area contributed by atoms with E-state index in [1.54, 1.807) is 7.11 Å². The van der Waals surface area contributed by atoms with Crippen molar-refractivity contribution < 1.29 is 9.47 Å².